The summed E-state index contributed by atoms with van der Waals surface area (Å²) < 4.78 is 31.6. The van der Waals surface area contributed by atoms with Crippen molar-refractivity contribution in [3.63, 3.8) is 0 Å². The molecule has 116 valence electrons. The van der Waals surface area contributed by atoms with E-state index in [4.69, 9.17) is 4.74 Å². The first kappa shape index (κ1) is 16.0. The molecule has 6 heteroatoms. The second-order valence-corrected chi connectivity index (χ2v) is 6.86. The van der Waals surface area contributed by atoms with Gasteiger partial charge in [0.25, 0.3) is 0 Å². The predicted octanol–water partition coefficient (Wildman–Crippen LogP) is 1.80. The Morgan fingerprint density at radius 3 is 2.67 bits per heavy atom. The van der Waals surface area contributed by atoms with Crippen molar-refractivity contribution in [1.29, 1.82) is 0 Å². The average molecular weight is 311 g/mol. The summed E-state index contributed by atoms with van der Waals surface area (Å²) in [6.45, 7) is 2.07. The van der Waals surface area contributed by atoms with E-state index in [2.05, 4.69) is 4.72 Å². The maximum absolute atomic E-state index is 12.2. The van der Waals surface area contributed by atoms with E-state index in [-0.39, 0.29) is 17.9 Å². The molecule has 0 atom stereocenters. The highest BCUT2D eigenvalue weighted by atomic mass is 32.2. The van der Waals surface area contributed by atoms with Gasteiger partial charge in [-0.25, -0.2) is 13.1 Å². The van der Waals surface area contributed by atoms with E-state index in [0.29, 0.717) is 6.61 Å². The molecule has 0 amide bonds. The van der Waals surface area contributed by atoms with Crippen molar-refractivity contribution in [3.05, 3.63) is 29.3 Å². The summed E-state index contributed by atoms with van der Waals surface area (Å²) in [5, 5.41) is 0. The van der Waals surface area contributed by atoms with Crippen LogP contribution in [0, 0.1) is 0 Å². The molecule has 1 aromatic carbocycles. The van der Waals surface area contributed by atoms with Crippen LogP contribution in [0.2, 0.25) is 0 Å². The van der Waals surface area contributed by atoms with Crippen LogP contribution in [-0.4, -0.2) is 27.5 Å². The van der Waals surface area contributed by atoms with Crippen molar-refractivity contribution in [3.8, 4) is 0 Å². The number of carbonyl (C=O) groups is 1. The maximum Gasteiger partial charge on any atom is 0.307 e. The predicted molar refractivity (Wildman–Crippen MR) is 79.5 cm³/mol. The van der Waals surface area contributed by atoms with Crippen molar-refractivity contribution in [1.82, 2.24) is 4.72 Å². The van der Waals surface area contributed by atoms with Crippen LogP contribution in [0.4, 0.5) is 0 Å². The van der Waals surface area contributed by atoms with Crippen molar-refractivity contribution < 1.29 is 17.9 Å². The molecule has 1 aliphatic rings. The van der Waals surface area contributed by atoms with E-state index in [0.717, 1.165) is 31.2 Å². The summed E-state index contributed by atoms with van der Waals surface area (Å²) in [7, 11) is -3.56. The number of benzene rings is 1. The zero-order chi connectivity index (χ0) is 15.3. The van der Waals surface area contributed by atoms with Gasteiger partial charge in [0, 0.05) is 6.54 Å². The monoisotopic (exact) mass is 311 g/mol. The molecular weight excluding hydrogens is 290 g/mol. The number of esters is 1. The maximum atomic E-state index is 12.2. The van der Waals surface area contributed by atoms with Gasteiger partial charge in [-0.2, -0.15) is 0 Å². The second kappa shape index (κ2) is 7.04. The number of sulfonamides is 1. The second-order valence-electron chi connectivity index (χ2n) is 5.09. The lowest BCUT2D eigenvalue weighted by Crippen LogP contribution is -2.27. The van der Waals surface area contributed by atoms with Crippen molar-refractivity contribution in [2.24, 2.45) is 0 Å². The molecule has 2 rings (SSSR count). The summed E-state index contributed by atoms with van der Waals surface area (Å²) in [4.78, 5) is 11.5. The van der Waals surface area contributed by atoms with Crippen LogP contribution in [0.15, 0.2) is 23.1 Å². The molecule has 0 heterocycles. The number of fused-ring (bicyclic) bond motifs is 1. The lowest BCUT2D eigenvalue weighted by molar-refractivity contribution is -0.142. The third kappa shape index (κ3) is 4.28. The molecule has 0 aromatic heterocycles. The molecule has 0 saturated carbocycles. The minimum absolute atomic E-state index is 0.0397. The van der Waals surface area contributed by atoms with Gasteiger partial charge in [0.1, 0.15) is 0 Å². The minimum atomic E-state index is -3.56. The van der Waals surface area contributed by atoms with Gasteiger partial charge in [0.15, 0.2) is 0 Å². The number of aryl methyl sites for hydroxylation is 2. The fourth-order valence-corrected chi connectivity index (χ4v) is 3.56. The lowest BCUT2D eigenvalue weighted by Gasteiger charge is -2.16. The molecule has 5 nitrogen and oxygen atoms in total. The van der Waals surface area contributed by atoms with Crippen molar-refractivity contribution >= 4 is 16.0 Å². The molecule has 1 aromatic rings. The fourth-order valence-electron chi connectivity index (χ4n) is 2.48. The molecule has 0 radical (unpaired) electrons. The zero-order valence-corrected chi connectivity index (χ0v) is 13.0. The molecule has 0 fully saturated rings. The smallest absolute Gasteiger partial charge is 0.307 e. The van der Waals surface area contributed by atoms with Gasteiger partial charge in [-0.05, 0) is 55.9 Å². The lowest BCUT2D eigenvalue weighted by atomic mass is 9.92. The number of rotatable bonds is 6. The van der Waals surface area contributed by atoms with E-state index in [1.807, 2.05) is 6.07 Å². The third-order valence-corrected chi connectivity index (χ3v) is 5.02. The SMILES string of the molecule is CCOC(=O)CCNS(=O)(=O)c1ccc2c(c1)CCCC2. The van der Waals surface area contributed by atoms with Crippen LogP contribution in [0.5, 0.6) is 0 Å². The van der Waals surface area contributed by atoms with Crippen LogP contribution < -0.4 is 4.72 Å². The zero-order valence-electron chi connectivity index (χ0n) is 12.2. The fraction of sp³-hybridized carbons (Fsp3) is 0.533. The van der Waals surface area contributed by atoms with Crippen LogP contribution in [0.25, 0.3) is 0 Å². The Hall–Kier alpha value is -1.40. The average Bonchev–Trinajstić information content (AvgIpc) is 2.47. The Balaban J connectivity index is 2.01. The van der Waals surface area contributed by atoms with E-state index in [1.165, 1.54) is 5.56 Å². The Morgan fingerprint density at radius 1 is 1.24 bits per heavy atom. The third-order valence-electron chi connectivity index (χ3n) is 3.56. The van der Waals surface area contributed by atoms with Crippen LogP contribution in [0.1, 0.15) is 37.3 Å². The molecular formula is C15H21NO4S. The molecule has 21 heavy (non-hydrogen) atoms. The standard InChI is InChI=1S/C15H21NO4S/c1-2-20-15(17)9-10-16-21(18,19)14-8-7-12-5-3-4-6-13(12)11-14/h7-8,11,16H,2-6,9-10H2,1H3. The highest BCUT2D eigenvalue weighted by Gasteiger charge is 2.17. The minimum Gasteiger partial charge on any atom is -0.466 e. The largest absolute Gasteiger partial charge is 0.466 e. The van der Waals surface area contributed by atoms with Gasteiger partial charge in [0.2, 0.25) is 10.0 Å². The normalized spacial score (nSPS) is 14.5. The Bertz CT molecular complexity index is 610. The van der Waals surface area contributed by atoms with E-state index >= 15 is 0 Å². The number of hydrogen-bond donors (Lipinski definition) is 1. The topological polar surface area (TPSA) is 72.5 Å². The van der Waals surface area contributed by atoms with Crippen molar-refractivity contribution in [2.45, 2.75) is 43.9 Å². The van der Waals surface area contributed by atoms with Crippen LogP contribution in [0.3, 0.4) is 0 Å². The summed E-state index contributed by atoms with van der Waals surface area (Å²) in [6, 6.07) is 5.28. The highest BCUT2D eigenvalue weighted by molar-refractivity contribution is 7.89. The quantitative estimate of drug-likeness (QED) is 0.813. The molecule has 0 bridgehead atoms. The van der Waals surface area contributed by atoms with E-state index in [1.54, 1.807) is 19.1 Å². The molecule has 1 N–H and O–H groups in total. The van der Waals surface area contributed by atoms with E-state index < -0.39 is 16.0 Å². The molecule has 0 spiro atoms. The number of carbonyl (C=O) groups excluding carboxylic acids is 1. The Labute approximate surface area is 125 Å². The number of ether oxygens (including phenoxy) is 1. The van der Waals surface area contributed by atoms with Gasteiger partial charge in [-0.1, -0.05) is 6.07 Å². The van der Waals surface area contributed by atoms with Gasteiger partial charge in [0.05, 0.1) is 17.9 Å². The number of hydrogen-bond acceptors (Lipinski definition) is 4. The van der Waals surface area contributed by atoms with Gasteiger partial charge < -0.3 is 4.74 Å². The molecule has 0 saturated heterocycles. The Morgan fingerprint density at radius 2 is 1.95 bits per heavy atom. The van der Waals surface area contributed by atoms with Gasteiger partial charge in [-0.15, -0.1) is 0 Å². The molecule has 1 aliphatic carbocycles. The first-order valence-electron chi connectivity index (χ1n) is 7.30. The van der Waals surface area contributed by atoms with Crippen LogP contribution >= 0.6 is 0 Å². The summed E-state index contributed by atoms with van der Waals surface area (Å²) in [6.07, 6.45) is 4.26. The highest BCUT2D eigenvalue weighted by Crippen LogP contribution is 2.23. The van der Waals surface area contributed by atoms with Crippen LogP contribution in [-0.2, 0) is 32.4 Å². The van der Waals surface area contributed by atoms with E-state index in [9.17, 15) is 13.2 Å². The first-order chi connectivity index (χ1) is 10.0. The summed E-state index contributed by atoms with van der Waals surface area (Å²) in [5.74, 6) is -0.398. The van der Waals surface area contributed by atoms with Gasteiger partial charge >= 0.3 is 5.97 Å². The van der Waals surface area contributed by atoms with Gasteiger partial charge in [-0.3, -0.25) is 4.79 Å². The molecule has 0 aliphatic heterocycles. The summed E-state index contributed by atoms with van der Waals surface area (Å²) >= 11 is 0. The summed E-state index contributed by atoms with van der Waals surface area (Å²) in [5.41, 5.74) is 2.36. The first-order valence-corrected chi connectivity index (χ1v) is 8.78. The number of nitrogens with one attached hydrogen (secondary N) is 1. The Kier molecular flexibility index (Phi) is 5.36. The van der Waals surface area contributed by atoms with Crippen molar-refractivity contribution in [2.75, 3.05) is 13.2 Å². The molecule has 0 unspecified atom stereocenters.